The highest BCUT2D eigenvalue weighted by Crippen LogP contribution is 2.34. The van der Waals surface area contributed by atoms with Crippen molar-refractivity contribution in [1.82, 2.24) is 19.6 Å². The quantitative estimate of drug-likeness (QED) is 0.686. The minimum atomic E-state index is -4.14. The number of fused-ring (bicyclic) bond motifs is 1. The lowest BCUT2D eigenvalue weighted by molar-refractivity contribution is 0.316. The number of anilines is 1. The molecule has 0 radical (unpaired) electrons. The number of sulfonamides is 1. The van der Waals surface area contributed by atoms with Crippen molar-refractivity contribution in [3.8, 4) is 5.88 Å². The smallest absolute Gasteiger partial charge is 0.299 e. The van der Waals surface area contributed by atoms with Crippen molar-refractivity contribution in [2.24, 2.45) is 0 Å². The molecule has 0 bridgehead atoms. The van der Waals surface area contributed by atoms with Gasteiger partial charge in [-0.1, -0.05) is 29.3 Å². The summed E-state index contributed by atoms with van der Waals surface area (Å²) in [5.41, 5.74) is 1.36. The first kappa shape index (κ1) is 18.7. The maximum absolute atomic E-state index is 12.7. The van der Waals surface area contributed by atoms with Crippen LogP contribution in [-0.2, 0) is 10.0 Å². The molecule has 0 aliphatic carbocycles. The maximum Gasteiger partial charge on any atom is 0.299 e. The molecule has 1 N–H and O–H groups in total. The average molecular weight is 416 g/mol. The van der Waals surface area contributed by atoms with Gasteiger partial charge in [-0.15, -0.1) is 5.10 Å². The Balaban J connectivity index is 2.08. The van der Waals surface area contributed by atoms with Gasteiger partial charge in [0.05, 0.1) is 22.3 Å². The molecule has 3 aromatic rings. The van der Waals surface area contributed by atoms with Crippen molar-refractivity contribution in [1.29, 1.82) is 0 Å². The summed E-state index contributed by atoms with van der Waals surface area (Å²) in [5.74, 6) is 0.450. The van der Waals surface area contributed by atoms with Gasteiger partial charge in [-0.3, -0.25) is 4.72 Å². The van der Waals surface area contributed by atoms with E-state index >= 15 is 0 Å². The third kappa shape index (κ3) is 3.42. The number of nitrogens with zero attached hydrogens (tertiary/aromatic N) is 4. The van der Waals surface area contributed by atoms with E-state index in [-0.39, 0.29) is 21.5 Å². The summed E-state index contributed by atoms with van der Waals surface area (Å²) in [6.07, 6.45) is 0. The summed E-state index contributed by atoms with van der Waals surface area (Å²) in [6.45, 7) is 5.67. The summed E-state index contributed by atoms with van der Waals surface area (Å²) in [7, 11) is -4.14. The van der Waals surface area contributed by atoms with E-state index in [1.165, 1.54) is 4.52 Å². The Morgan fingerprint density at radius 2 is 1.96 bits per heavy atom. The average Bonchev–Trinajstić information content (AvgIpc) is 3.00. The summed E-state index contributed by atoms with van der Waals surface area (Å²) >= 11 is 12.2. The molecule has 0 saturated carbocycles. The first-order valence-corrected chi connectivity index (χ1v) is 9.81. The van der Waals surface area contributed by atoms with E-state index in [1.54, 1.807) is 39.0 Å². The fourth-order valence-corrected chi connectivity index (χ4v) is 3.77. The summed E-state index contributed by atoms with van der Waals surface area (Å²) in [4.78, 5) is 8.16. The number of nitrogens with one attached hydrogen (secondary N) is 1. The van der Waals surface area contributed by atoms with Gasteiger partial charge in [0.2, 0.25) is 5.88 Å². The largest absolute Gasteiger partial charge is 0.478 e. The summed E-state index contributed by atoms with van der Waals surface area (Å²) in [6, 6.07) is 4.88. The van der Waals surface area contributed by atoms with Crippen molar-refractivity contribution in [3.05, 3.63) is 39.5 Å². The number of aryl methyl sites for hydroxylation is 2. The van der Waals surface area contributed by atoms with Gasteiger partial charge >= 0.3 is 0 Å². The fraction of sp³-hybridized carbons (Fsp3) is 0.267. The van der Waals surface area contributed by atoms with Crippen molar-refractivity contribution >= 4 is 44.7 Å². The van der Waals surface area contributed by atoms with Crippen molar-refractivity contribution in [3.63, 3.8) is 0 Å². The molecule has 2 aromatic heterocycles. The van der Waals surface area contributed by atoms with E-state index in [2.05, 4.69) is 19.8 Å². The molecule has 11 heteroatoms. The molecule has 138 valence electrons. The van der Waals surface area contributed by atoms with E-state index in [9.17, 15) is 8.42 Å². The van der Waals surface area contributed by atoms with Gasteiger partial charge in [0.15, 0.2) is 0 Å². The highest BCUT2D eigenvalue weighted by molar-refractivity contribution is 7.92. The first-order chi connectivity index (χ1) is 12.2. The van der Waals surface area contributed by atoms with Crippen LogP contribution in [0.4, 0.5) is 5.69 Å². The molecule has 0 amide bonds. The fourth-order valence-electron chi connectivity index (χ4n) is 2.23. The normalized spacial score (nSPS) is 11.7. The molecular formula is C15H15Cl2N5O3S. The standard InChI is InChI=1S/C15H15Cl2N5O3S/c1-4-25-11-7-9(3)18-14-19-15(20-22(11)14)26(23,24)21-13-10(16)6-5-8(2)12(13)17/h5-7,21H,4H2,1-3H3. The predicted molar refractivity (Wildman–Crippen MR) is 98.7 cm³/mol. The minimum Gasteiger partial charge on any atom is -0.478 e. The van der Waals surface area contributed by atoms with Crippen molar-refractivity contribution in [2.45, 2.75) is 25.9 Å². The SMILES string of the molecule is CCOc1cc(C)nc2nc(S(=O)(=O)Nc3c(Cl)ccc(C)c3Cl)nn12. The van der Waals surface area contributed by atoms with Crippen LogP contribution in [0.5, 0.6) is 5.88 Å². The Bertz CT molecular complexity index is 1100. The number of hydrogen-bond donors (Lipinski definition) is 1. The van der Waals surface area contributed by atoms with Crippen LogP contribution in [0.1, 0.15) is 18.2 Å². The van der Waals surface area contributed by atoms with Crippen LogP contribution in [0.15, 0.2) is 23.4 Å². The molecule has 0 atom stereocenters. The molecule has 26 heavy (non-hydrogen) atoms. The summed E-state index contributed by atoms with van der Waals surface area (Å²) < 4.78 is 34.4. The van der Waals surface area contributed by atoms with Gasteiger partial charge in [-0.25, -0.2) is 4.98 Å². The minimum absolute atomic E-state index is 0.0707. The molecule has 0 spiro atoms. The second-order valence-corrected chi connectivity index (χ2v) is 7.80. The molecule has 0 aliphatic heterocycles. The molecule has 1 aromatic carbocycles. The lowest BCUT2D eigenvalue weighted by Crippen LogP contribution is -2.15. The van der Waals surface area contributed by atoms with Gasteiger partial charge in [0, 0.05) is 11.8 Å². The highest BCUT2D eigenvalue weighted by Gasteiger charge is 2.25. The summed E-state index contributed by atoms with van der Waals surface area (Å²) in [5, 5.41) is 3.90. The van der Waals surface area contributed by atoms with E-state index in [1.807, 2.05) is 0 Å². The Kier molecular flexibility index (Phi) is 4.96. The van der Waals surface area contributed by atoms with Gasteiger partial charge in [-0.05, 0) is 32.4 Å². The van der Waals surface area contributed by atoms with Gasteiger partial charge in [-0.2, -0.15) is 17.9 Å². The van der Waals surface area contributed by atoms with Crippen molar-refractivity contribution < 1.29 is 13.2 Å². The monoisotopic (exact) mass is 415 g/mol. The van der Waals surface area contributed by atoms with Crippen LogP contribution in [0, 0.1) is 13.8 Å². The van der Waals surface area contributed by atoms with Crippen molar-refractivity contribution in [2.75, 3.05) is 11.3 Å². The maximum atomic E-state index is 12.7. The lowest BCUT2D eigenvalue weighted by atomic mass is 10.2. The van der Waals surface area contributed by atoms with Gasteiger partial charge in [0.25, 0.3) is 21.0 Å². The van der Waals surface area contributed by atoms with Crippen LogP contribution in [0.3, 0.4) is 0 Å². The lowest BCUT2D eigenvalue weighted by Gasteiger charge is -2.10. The number of halogens is 2. The second-order valence-electron chi connectivity index (χ2n) is 5.43. The topological polar surface area (TPSA) is 98.5 Å². The molecule has 0 saturated heterocycles. The Hall–Kier alpha value is -2.10. The number of aromatic nitrogens is 4. The Morgan fingerprint density at radius 1 is 1.23 bits per heavy atom. The third-order valence-electron chi connectivity index (χ3n) is 3.44. The molecule has 0 unspecified atom stereocenters. The van der Waals surface area contributed by atoms with E-state index in [0.29, 0.717) is 23.7 Å². The molecule has 0 fully saturated rings. The number of benzene rings is 1. The predicted octanol–water partition coefficient (Wildman–Crippen LogP) is 3.25. The molecule has 0 aliphatic rings. The van der Waals surface area contributed by atoms with E-state index < -0.39 is 15.2 Å². The number of rotatable bonds is 5. The third-order valence-corrected chi connectivity index (χ3v) is 5.37. The number of ether oxygens (including phenoxy) is 1. The zero-order chi connectivity index (χ0) is 19.1. The van der Waals surface area contributed by atoms with Gasteiger partial charge in [0.1, 0.15) is 0 Å². The molecule has 8 nitrogen and oxygen atoms in total. The Morgan fingerprint density at radius 3 is 2.65 bits per heavy atom. The second kappa shape index (κ2) is 6.90. The highest BCUT2D eigenvalue weighted by atomic mass is 35.5. The van der Waals surface area contributed by atoms with E-state index in [4.69, 9.17) is 27.9 Å². The van der Waals surface area contributed by atoms with Crippen LogP contribution in [0.25, 0.3) is 5.78 Å². The first-order valence-electron chi connectivity index (χ1n) is 7.57. The van der Waals surface area contributed by atoms with Crippen LogP contribution < -0.4 is 9.46 Å². The van der Waals surface area contributed by atoms with Crippen LogP contribution >= 0.6 is 23.2 Å². The zero-order valence-corrected chi connectivity index (χ0v) is 16.4. The molecular weight excluding hydrogens is 401 g/mol. The van der Waals surface area contributed by atoms with Gasteiger partial charge < -0.3 is 4.74 Å². The van der Waals surface area contributed by atoms with E-state index in [0.717, 1.165) is 0 Å². The molecule has 2 heterocycles. The van der Waals surface area contributed by atoms with Crippen LogP contribution in [-0.4, -0.2) is 34.6 Å². The zero-order valence-electron chi connectivity index (χ0n) is 14.1. The number of hydrogen-bond acceptors (Lipinski definition) is 6. The Labute approximate surface area is 160 Å². The van der Waals surface area contributed by atoms with Crippen LogP contribution in [0.2, 0.25) is 10.0 Å². The molecule has 3 rings (SSSR count).